The Morgan fingerprint density at radius 1 is 1.06 bits per heavy atom. The van der Waals surface area contributed by atoms with Gasteiger partial charge in [0.25, 0.3) is 0 Å². The molecule has 2 aliphatic rings. The molecule has 180 valence electrons. The van der Waals surface area contributed by atoms with Crippen molar-refractivity contribution < 1.29 is 14.2 Å². The number of nitrogens with zero attached hydrogens (tertiary/aromatic N) is 4. The normalized spacial score (nSPS) is 15.9. The van der Waals surface area contributed by atoms with Crippen LogP contribution in [0.15, 0.2) is 48.7 Å². The Morgan fingerprint density at radius 3 is 2.66 bits per heavy atom. The summed E-state index contributed by atoms with van der Waals surface area (Å²) < 4.78 is 16.9. The molecule has 1 aromatic heterocycles. The zero-order valence-electron chi connectivity index (χ0n) is 20.2. The minimum Gasteiger partial charge on any atom is -0.496 e. The number of ether oxygens (including phenoxy) is 3. The van der Waals surface area contributed by atoms with E-state index in [0.717, 1.165) is 53.6 Å². The second-order valence-electron chi connectivity index (χ2n) is 9.31. The molecule has 2 heterocycles. The Hall–Kier alpha value is -3.47. The van der Waals surface area contributed by atoms with Gasteiger partial charge in [-0.25, -0.2) is 9.97 Å². The highest BCUT2D eigenvalue weighted by atomic mass is 16.5. The number of aromatic nitrogens is 2. The molecule has 0 unspecified atom stereocenters. The molecule has 0 spiro atoms. The first-order valence-electron chi connectivity index (χ1n) is 12.1. The van der Waals surface area contributed by atoms with Crippen molar-refractivity contribution in [2.75, 3.05) is 33.9 Å². The fraction of sp³-hybridized carbons (Fsp3) is 0.393. The van der Waals surface area contributed by atoms with Gasteiger partial charge >= 0.3 is 0 Å². The van der Waals surface area contributed by atoms with E-state index in [1.165, 1.54) is 12.8 Å². The van der Waals surface area contributed by atoms with Gasteiger partial charge in [0.05, 0.1) is 31.1 Å². The summed E-state index contributed by atoms with van der Waals surface area (Å²) in [4.78, 5) is 11.6. The maximum absolute atomic E-state index is 9.61. The van der Waals surface area contributed by atoms with Crippen molar-refractivity contribution in [3.05, 3.63) is 71.2 Å². The summed E-state index contributed by atoms with van der Waals surface area (Å²) >= 11 is 0. The molecule has 0 amide bonds. The number of benzene rings is 2. The smallest absolute Gasteiger partial charge is 0.137 e. The SMILES string of the molecule is COc1cc(Cc2nccc(-c3ccc(OCC4CC4)c(C#N)c3)n2)ccc1CN1CC(OC)C1. The number of methoxy groups -OCH3 is 2. The number of hydrogen-bond donors (Lipinski definition) is 0. The van der Waals surface area contributed by atoms with Crippen molar-refractivity contribution in [2.24, 2.45) is 5.92 Å². The van der Waals surface area contributed by atoms with E-state index in [1.807, 2.05) is 24.3 Å². The zero-order chi connectivity index (χ0) is 24.2. The monoisotopic (exact) mass is 470 g/mol. The van der Waals surface area contributed by atoms with Crippen LogP contribution in [0.1, 0.15) is 35.4 Å². The van der Waals surface area contributed by atoms with E-state index in [-0.39, 0.29) is 0 Å². The summed E-state index contributed by atoms with van der Waals surface area (Å²) in [6.07, 6.45) is 5.12. The molecule has 0 radical (unpaired) electrons. The van der Waals surface area contributed by atoms with Crippen LogP contribution in [0.3, 0.4) is 0 Å². The molecule has 5 rings (SSSR count). The van der Waals surface area contributed by atoms with Crippen molar-refractivity contribution in [2.45, 2.75) is 31.9 Å². The molecule has 2 aromatic carbocycles. The fourth-order valence-corrected chi connectivity index (χ4v) is 4.29. The highest BCUT2D eigenvalue weighted by Crippen LogP contribution is 2.31. The van der Waals surface area contributed by atoms with E-state index >= 15 is 0 Å². The first kappa shape index (κ1) is 23.3. The van der Waals surface area contributed by atoms with Crippen LogP contribution in [0.2, 0.25) is 0 Å². The largest absolute Gasteiger partial charge is 0.496 e. The second-order valence-corrected chi connectivity index (χ2v) is 9.31. The van der Waals surface area contributed by atoms with Crippen molar-refractivity contribution >= 4 is 0 Å². The van der Waals surface area contributed by atoms with Crippen LogP contribution < -0.4 is 9.47 Å². The Labute approximate surface area is 206 Å². The Bertz CT molecular complexity index is 1230. The lowest BCUT2D eigenvalue weighted by atomic mass is 10.0. The average Bonchev–Trinajstić information content (AvgIpc) is 3.70. The molecule has 2 fully saturated rings. The van der Waals surface area contributed by atoms with Crippen molar-refractivity contribution in [3.63, 3.8) is 0 Å². The summed E-state index contributed by atoms with van der Waals surface area (Å²) in [5, 5.41) is 9.61. The lowest BCUT2D eigenvalue weighted by Crippen LogP contribution is -2.50. The van der Waals surface area contributed by atoms with Gasteiger partial charge in [-0.2, -0.15) is 5.26 Å². The molecule has 0 N–H and O–H groups in total. The Kier molecular flexibility index (Phi) is 6.94. The van der Waals surface area contributed by atoms with Gasteiger partial charge in [-0.05, 0) is 54.7 Å². The van der Waals surface area contributed by atoms with E-state index < -0.39 is 0 Å². The molecular weight excluding hydrogens is 440 g/mol. The van der Waals surface area contributed by atoms with Crippen molar-refractivity contribution in [1.82, 2.24) is 14.9 Å². The van der Waals surface area contributed by atoms with Gasteiger partial charge in [0.15, 0.2) is 0 Å². The lowest BCUT2D eigenvalue weighted by Gasteiger charge is -2.38. The third-order valence-corrected chi connectivity index (χ3v) is 6.64. The molecule has 0 bridgehead atoms. The van der Waals surface area contributed by atoms with Crippen LogP contribution in [-0.4, -0.2) is 54.9 Å². The Morgan fingerprint density at radius 2 is 1.91 bits per heavy atom. The lowest BCUT2D eigenvalue weighted by molar-refractivity contribution is -0.0336. The van der Waals surface area contributed by atoms with Crippen molar-refractivity contribution in [3.8, 4) is 28.8 Å². The van der Waals surface area contributed by atoms with Gasteiger partial charge in [-0.1, -0.05) is 12.1 Å². The topological polar surface area (TPSA) is 80.5 Å². The van der Waals surface area contributed by atoms with Gasteiger partial charge in [0, 0.05) is 50.5 Å². The quantitative estimate of drug-likeness (QED) is 0.439. The summed E-state index contributed by atoms with van der Waals surface area (Å²) in [6, 6.07) is 16.1. The van der Waals surface area contributed by atoms with E-state index in [0.29, 0.717) is 36.4 Å². The first-order chi connectivity index (χ1) is 17.1. The average molecular weight is 471 g/mol. The molecule has 1 aliphatic carbocycles. The highest BCUT2D eigenvalue weighted by molar-refractivity contribution is 5.64. The maximum Gasteiger partial charge on any atom is 0.137 e. The zero-order valence-corrected chi connectivity index (χ0v) is 20.2. The van der Waals surface area contributed by atoms with Gasteiger partial charge < -0.3 is 14.2 Å². The van der Waals surface area contributed by atoms with Gasteiger partial charge in [0.2, 0.25) is 0 Å². The molecule has 7 nitrogen and oxygen atoms in total. The van der Waals surface area contributed by atoms with Gasteiger partial charge in [-0.15, -0.1) is 0 Å². The number of likely N-dealkylation sites (tertiary alicyclic amines) is 1. The summed E-state index contributed by atoms with van der Waals surface area (Å²) in [6.45, 7) is 3.42. The highest BCUT2D eigenvalue weighted by Gasteiger charge is 2.27. The standard InChI is InChI=1S/C28H30N4O3/c1-33-24-16-32(17-24)15-22-6-5-20(11-27(22)34-2)12-28-30-10-9-25(31-28)21-7-8-26(23(13-21)14-29)35-18-19-3-4-19/h5-11,13,19,24H,3-4,12,15-18H2,1-2H3. The van der Waals surface area contributed by atoms with Crippen LogP contribution in [-0.2, 0) is 17.7 Å². The minimum absolute atomic E-state index is 0.334. The predicted molar refractivity (Wildman–Crippen MR) is 132 cm³/mol. The van der Waals surface area contributed by atoms with Crippen LogP contribution in [0.5, 0.6) is 11.5 Å². The molecule has 1 aliphatic heterocycles. The first-order valence-corrected chi connectivity index (χ1v) is 12.1. The summed E-state index contributed by atoms with van der Waals surface area (Å²) in [5.74, 6) is 2.87. The number of hydrogen-bond acceptors (Lipinski definition) is 7. The minimum atomic E-state index is 0.334. The molecule has 35 heavy (non-hydrogen) atoms. The third kappa shape index (κ3) is 5.61. The molecule has 1 saturated heterocycles. The number of nitriles is 1. The summed E-state index contributed by atoms with van der Waals surface area (Å²) in [5.41, 5.74) is 4.44. The second kappa shape index (κ2) is 10.4. The van der Waals surface area contributed by atoms with Crippen LogP contribution in [0.4, 0.5) is 0 Å². The van der Waals surface area contributed by atoms with E-state index in [4.69, 9.17) is 19.2 Å². The molecular formula is C28H30N4O3. The third-order valence-electron chi connectivity index (χ3n) is 6.64. The fourth-order valence-electron chi connectivity index (χ4n) is 4.29. The van der Waals surface area contributed by atoms with E-state index in [2.05, 4.69) is 34.2 Å². The molecule has 0 atom stereocenters. The van der Waals surface area contributed by atoms with E-state index in [1.54, 1.807) is 20.4 Å². The summed E-state index contributed by atoms with van der Waals surface area (Å²) in [7, 11) is 3.47. The predicted octanol–water partition coefficient (Wildman–Crippen LogP) is 4.23. The van der Waals surface area contributed by atoms with Gasteiger partial charge in [0.1, 0.15) is 23.4 Å². The van der Waals surface area contributed by atoms with Gasteiger partial charge in [-0.3, -0.25) is 4.90 Å². The molecule has 3 aromatic rings. The maximum atomic E-state index is 9.61. The Balaban J connectivity index is 1.29. The number of rotatable bonds is 10. The molecule has 1 saturated carbocycles. The molecule has 7 heteroatoms. The van der Waals surface area contributed by atoms with Crippen LogP contribution in [0, 0.1) is 17.2 Å². The van der Waals surface area contributed by atoms with Crippen LogP contribution >= 0.6 is 0 Å². The van der Waals surface area contributed by atoms with Crippen LogP contribution in [0.25, 0.3) is 11.3 Å². The van der Waals surface area contributed by atoms with Crippen molar-refractivity contribution in [1.29, 1.82) is 5.26 Å². The van der Waals surface area contributed by atoms with E-state index in [9.17, 15) is 5.26 Å².